The van der Waals surface area contributed by atoms with Crippen molar-refractivity contribution >= 4 is 23.2 Å². The molecule has 1 saturated carbocycles. The first kappa shape index (κ1) is 16.5. The minimum atomic E-state index is -0.469. The minimum Gasteiger partial charge on any atom is -0.345 e. The smallest absolute Gasteiger partial charge is 0.273 e. The lowest BCUT2D eigenvalue weighted by atomic mass is 10.0. The molecule has 0 bridgehead atoms. The van der Waals surface area contributed by atoms with Crippen LogP contribution in [0.5, 0.6) is 0 Å². The van der Waals surface area contributed by atoms with E-state index >= 15 is 0 Å². The van der Waals surface area contributed by atoms with Gasteiger partial charge in [0.1, 0.15) is 0 Å². The van der Waals surface area contributed by atoms with Gasteiger partial charge in [-0.05, 0) is 49.4 Å². The predicted molar refractivity (Wildman–Crippen MR) is 92.2 cm³/mol. The van der Waals surface area contributed by atoms with Crippen molar-refractivity contribution < 1.29 is 9.72 Å². The molecule has 2 aromatic carbocycles. The zero-order valence-electron chi connectivity index (χ0n) is 13.2. The number of carbonyl (C=O) groups is 1. The summed E-state index contributed by atoms with van der Waals surface area (Å²) in [5, 5.41) is 14.7. The van der Waals surface area contributed by atoms with E-state index in [4.69, 9.17) is 11.6 Å². The Morgan fingerprint density at radius 2 is 1.92 bits per heavy atom. The highest BCUT2D eigenvalue weighted by atomic mass is 35.5. The largest absolute Gasteiger partial charge is 0.345 e. The molecule has 124 valence electrons. The highest BCUT2D eigenvalue weighted by Crippen LogP contribution is 2.41. The van der Waals surface area contributed by atoms with Gasteiger partial charge in [-0.1, -0.05) is 29.8 Å². The van der Waals surface area contributed by atoms with Gasteiger partial charge in [0, 0.05) is 22.2 Å². The highest BCUT2D eigenvalue weighted by molar-refractivity contribution is 6.30. The Labute approximate surface area is 144 Å². The number of carbonyl (C=O) groups excluding carboxylic acids is 1. The number of nitrogens with one attached hydrogen (secondary N) is 1. The van der Waals surface area contributed by atoms with E-state index < -0.39 is 4.92 Å². The Morgan fingerprint density at radius 1 is 1.25 bits per heavy atom. The summed E-state index contributed by atoms with van der Waals surface area (Å²) in [6.07, 6.45) is 2.11. The van der Waals surface area contributed by atoms with Crippen molar-refractivity contribution in [2.75, 3.05) is 0 Å². The van der Waals surface area contributed by atoms with E-state index in [9.17, 15) is 14.9 Å². The van der Waals surface area contributed by atoms with Crippen molar-refractivity contribution in [1.82, 2.24) is 5.32 Å². The number of rotatable bonds is 5. The molecular weight excluding hydrogens is 328 g/mol. The molecule has 0 aliphatic heterocycles. The maximum atomic E-state index is 12.6. The van der Waals surface area contributed by atoms with Gasteiger partial charge in [0.2, 0.25) is 0 Å². The first-order valence-corrected chi connectivity index (χ1v) is 8.15. The Balaban J connectivity index is 1.83. The summed E-state index contributed by atoms with van der Waals surface area (Å²) in [6, 6.07) is 11.9. The maximum absolute atomic E-state index is 12.6. The highest BCUT2D eigenvalue weighted by Gasteiger charge is 2.33. The van der Waals surface area contributed by atoms with E-state index in [1.54, 1.807) is 31.2 Å². The summed E-state index contributed by atoms with van der Waals surface area (Å²) in [7, 11) is 0. The molecule has 0 radical (unpaired) electrons. The third kappa shape index (κ3) is 3.57. The molecule has 1 fully saturated rings. The number of nitro benzene ring substituents is 1. The standard InChI is InChI=1S/C18H17ClN2O3/c1-11-2-3-14(10-16(11)21(23)24)18(22)20-17(12-4-5-12)13-6-8-15(19)9-7-13/h2-3,6-10,12,17H,4-5H2,1H3,(H,20,22)/t17-/m0/s1. The van der Waals surface area contributed by atoms with E-state index in [-0.39, 0.29) is 17.6 Å². The SMILES string of the molecule is Cc1ccc(C(=O)N[C@H](c2ccc(Cl)cc2)C2CC2)cc1[N+](=O)[O-]. The molecule has 1 amide bonds. The molecule has 0 spiro atoms. The van der Waals surface area contributed by atoms with E-state index in [0.717, 1.165) is 18.4 Å². The monoisotopic (exact) mass is 344 g/mol. The molecule has 0 aromatic heterocycles. The first-order chi connectivity index (χ1) is 11.5. The van der Waals surface area contributed by atoms with Gasteiger partial charge in [-0.15, -0.1) is 0 Å². The van der Waals surface area contributed by atoms with Crippen molar-refractivity contribution in [1.29, 1.82) is 0 Å². The van der Waals surface area contributed by atoms with Crippen LogP contribution in [0.1, 0.15) is 40.4 Å². The number of nitrogens with zero attached hydrogens (tertiary/aromatic N) is 1. The van der Waals surface area contributed by atoms with Crippen LogP contribution in [0.15, 0.2) is 42.5 Å². The summed E-state index contributed by atoms with van der Waals surface area (Å²) in [6.45, 7) is 1.65. The Morgan fingerprint density at radius 3 is 2.50 bits per heavy atom. The van der Waals surface area contributed by atoms with Gasteiger partial charge in [0.15, 0.2) is 0 Å². The Bertz CT molecular complexity index is 785. The minimum absolute atomic E-state index is 0.0443. The fourth-order valence-electron chi connectivity index (χ4n) is 2.74. The summed E-state index contributed by atoms with van der Waals surface area (Å²) in [4.78, 5) is 23.1. The molecular formula is C18H17ClN2O3. The van der Waals surface area contributed by atoms with Crippen LogP contribution in [0.25, 0.3) is 0 Å². The molecule has 0 unspecified atom stereocenters. The summed E-state index contributed by atoms with van der Waals surface area (Å²) in [5.41, 5.74) is 1.79. The molecule has 0 saturated heterocycles. The number of amides is 1. The zero-order valence-corrected chi connectivity index (χ0v) is 13.9. The summed E-state index contributed by atoms with van der Waals surface area (Å²) in [5.74, 6) is 0.0977. The third-order valence-electron chi connectivity index (χ3n) is 4.28. The van der Waals surface area contributed by atoms with Crippen LogP contribution in [-0.4, -0.2) is 10.8 Å². The second-order valence-electron chi connectivity index (χ2n) is 6.10. The van der Waals surface area contributed by atoms with E-state index in [2.05, 4.69) is 5.32 Å². The van der Waals surface area contributed by atoms with Gasteiger partial charge in [-0.25, -0.2) is 0 Å². The van der Waals surface area contributed by atoms with Crippen LogP contribution in [0.4, 0.5) is 5.69 Å². The zero-order chi connectivity index (χ0) is 17.3. The Hall–Kier alpha value is -2.40. The molecule has 2 aromatic rings. The van der Waals surface area contributed by atoms with Gasteiger partial charge in [0.05, 0.1) is 11.0 Å². The van der Waals surface area contributed by atoms with Crippen LogP contribution < -0.4 is 5.32 Å². The van der Waals surface area contributed by atoms with E-state index in [1.807, 2.05) is 12.1 Å². The summed E-state index contributed by atoms with van der Waals surface area (Å²) < 4.78 is 0. The lowest BCUT2D eigenvalue weighted by molar-refractivity contribution is -0.385. The summed E-state index contributed by atoms with van der Waals surface area (Å²) >= 11 is 5.92. The maximum Gasteiger partial charge on any atom is 0.273 e. The van der Waals surface area contributed by atoms with Crippen LogP contribution in [-0.2, 0) is 0 Å². The number of nitro groups is 1. The molecule has 1 aliphatic carbocycles. The van der Waals surface area contributed by atoms with Crippen molar-refractivity contribution in [2.24, 2.45) is 5.92 Å². The molecule has 5 nitrogen and oxygen atoms in total. The molecule has 0 heterocycles. The number of hydrogen-bond donors (Lipinski definition) is 1. The van der Waals surface area contributed by atoms with Gasteiger partial charge in [-0.3, -0.25) is 14.9 Å². The fraction of sp³-hybridized carbons (Fsp3) is 0.278. The van der Waals surface area contributed by atoms with E-state index in [0.29, 0.717) is 22.1 Å². The molecule has 6 heteroatoms. The van der Waals surface area contributed by atoms with Crippen molar-refractivity contribution in [3.05, 3.63) is 74.3 Å². The normalized spacial score (nSPS) is 14.9. The molecule has 24 heavy (non-hydrogen) atoms. The number of hydrogen-bond acceptors (Lipinski definition) is 3. The average Bonchev–Trinajstić information content (AvgIpc) is 3.38. The molecule has 1 atom stereocenters. The molecule has 1 aliphatic rings. The lowest BCUT2D eigenvalue weighted by Gasteiger charge is -2.19. The Kier molecular flexibility index (Phi) is 4.53. The first-order valence-electron chi connectivity index (χ1n) is 7.77. The fourth-order valence-corrected chi connectivity index (χ4v) is 2.87. The van der Waals surface area contributed by atoms with Crippen LogP contribution in [0.2, 0.25) is 5.02 Å². The van der Waals surface area contributed by atoms with Crippen LogP contribution in [0.3, 0.4) is 0 Å². The van der Waals surface area contributed by atoms with Gasteiger partial charge >= 0.3 is 0 Å². The van der Waals surface area contributed by atoms with Crippen molar-refractivity contribution in [3.63, 3.8) is 0 Å². The van der Waals surface area contributed by atoms with Gasteiger partial charge in [0.25, 0.3) is 11.6 Å². The number of aryl methyl sites for hydroxylation is 1. The predicted octanol–water partition coefficient (Wildman–Crippen LogP) is 4.44. The number of halogens is 1. The van der Waals surface area contributed by atoms with Crippen molar-refractivity contribution in [3.8, 4) is 0 Å². The topological polar surface area (TPSA) is 72.2 Å². The molecule has 1 N–H and O–H groups in total. The van der Waals surface area contributed by atoms with Gasteiger partial charge < -0.3 is 5.32 Å². The average molecular weight is 345 g/mol. The lowest BCUT2D eigenvalue weighted by Crippen LogP contribution is -2.30. The van der Waals surface area contributed by atoms with Crippen molar-refractivity contribution in [2.45, 2.75) is 25.8 Å². The second-order valence-corrected chi connectivity index (χ2v) is 6.53. The van der Waals surface area contributed by atoms with Gasteiger partial charge in [-0.2, -0.15) is 0 Å². The third-order valence-corrected chi connectivity index (χ3v) is 4.53. The number of benzene rings is 2. The van der Waals surface area contributed by atoms with Crippen LogP contribution in [0, 0.1) is 23.0 Å². The van der Waals surface area contributed by atoms with Crippen LogP contribution >= 0.6 is 11.6 Å². The van der Waals surface area contributed by atoms with E-state index in [1.165, 1.54) is 6.07 Å². The second kappa shape index (κ2) is 6.61. The quantitative estimate of drug-likeness (QED) is 0.643. The molecule has 3 rings (SSSR count).